The van der Waals surface area contributed by atoms with Crippen LogP contribution in [0, 0.1) is 17.0 Å². The fraction of sp³-hybridized carbons (Fsp3) is 0.118. The van der Waals surface area contributed by atoms with E-state index in [1.807, 2.05) is 25.1 Å². The second kappa shape index (κ2) is 5.92. The molecule has 1 amide bonds. The first kappa shape index (κ1) is 14.8. The predicted molar refractivity (Wildman–Crippen MR) is 85.2 cm³/mol. The molecule has 0 aliphatic carbocycles. The Morgan fingerprint density at radius 1 is 1.17 bits per heavy atom. The molecule has 0 radical (unpaired) electrons. The Hall–Kier alpha value is -3.15. The zero-order valence-corrected chi connectivity index (χ0v) is 12.4. The lowest BCUT2D eigenvalue weighted by Gasteiger charge is -2.05. The average molecular weight is 310 g/mol. The zero-order chi connectivity index (χ0) is 16.4. The second-order valence-corrected chi connectivity index (χ2v) is 5.12. The van der Waals surface area contributed by atoms with Crippen LogP contribution in [0.5, 0.6) is 0 Å². The van der Waals surface area contributed by atoms with Gasteiger partial charge in [0.25, 0.3) is 11.6 Å². The smallest absolute Gasteiger partial charge is 0.287 e. The lowest BCUT2D eigenvalue weighted by atomic mass is 10.1. The van der Waals surface area contributed by atoms with E-state index in [4.69, 9.17) is 4.42 Å². The molecule has 0 aliphatic rings. The quantitative estimate of drug-likeness (QED) is 0.589. The molecule has 3 aromatic rings. The number of aryl methyl sites for hydroxylation is 1. The summed E-state index contributed by atoms with van der Waals surface area (Å²) in [4.78, 5) is 22.8. The van der Waals surface area contributed by atoms with Crippen LogP contribution < -0.4 is 5.32 Å². The monoisotopic (exact) mass is 310 g/mol. The van der Waals surface area contributed by atoms with Crippen molar-refractivity contribution in [3.05, 3.63) is 75.5 Å². The van der Waals surface area contributed by atoms with Gasteiger partial charge in [-0.1, -0.05) is 36.4 Å². The lowest BCUT2D eigenvalue weighted by Crippen LogP contribution is -2.23. The maximum absolute atomic E-state index is 12.3. The van der Waals surface area contributed by atoms with E-state index in [1.165, 1.54) is 6.07 Å². The number of carbonyl (C=O) groups excluding carboxylic acids is 1. The molecule has 6 nitrogen and oxygen atoms in total. The van der Waals surface area contributed by atoms with E-state index >= 15 is 0 Å². The van der Waals surface area contributed by atoms with Crippen molar-refractivity contribution in [3.63, 3.8) is 0 Å². The fourth-order valence-corrected chi connectivity index (χ4v) is 2.49. The molecule has 2 aromatic carbocycles. The van der Waals surface area contributed by atoms with Crippen LogP contribution in [-0.4, -0.2) is 10.8 Å². The van der Waals surface area contributed by atoms with Crippen LogP contribution in [0.4, 0.5) is 5.69 Å². The summed E-state index contributed by atoms with van der Waals surface area (Å²) >= 11 is 0. The Bertz CT molecular complexity index is 898. The molecule has 0 saturated heterocycles. The van der Waals surface area contributed by atoms with Gasteiger partial charge in [-0.2, -0.15) is 0 Å². The summed E-state index contributed by atoms with van der Waals surface area (Å²) in [6.07, 6.45) is 0. The summed E-state index contributed by atoms with van der Waals surface area (Å²) in [6, 6.07) is 13.7. The van der Waals surface area contributed by atoms with Gasteiger partial charge in [0, 0.05) is 29.1 Å². The van der Waals surface area contributed by atoms with E-state index < -0.39 is 10.8 Å². The molecular formula is C17H14N2O4. The van der Waals surface area contributed by atoms with Gasteiger partial charge in [0.15, 0.2) is 5.76 Å². The van der Waals surface area contributed by atoms with Crippen molar-refractivity contribution in [1.82, 2.24) is 5.32 Å². The first-order valence-corrected chi connectivity index (χ1v) is 7.06. The summed E-state index contributed by atoms with van der Waals surface area (Å²) in [5, 5.41) is 14.5. The maximum atomic E-state index is 12.3. The number of nitrogens with zero attached hydrogens (tertiary/aromatic N) is 1. The number of fused-ring (bicyclic) bond motifs is 1. The number of hydrogen-bond donors (Lipinski definition) is 1. The van der Waals surface area contributed by atoms with Crippen LogP contribution in [-0.2, 0) is 6.54 Å². The van der Waals surface area contributed by atoms with E-state index in [-0.39, 0.29) is 18.0 Å². The van der Waals surface area contributed by atoms with E-state index in [9.17, 15) is 14.9 Å². The number of nitro benzene ring substituents is 1. The van der Waals surface area contributed by atoms with E-state index in [2.05, 4.69) is 5.32 Å². The van der Waals surface area contributed by atoms with Gasteiger partial charge in [-0.25, -0.2) is 0 Å². The van der Waals surface area contributed by atoms with Gasteiger partial charge in [-0.3, -0.25) is 14.9 Å². The molecule has 1 heterocycles. The number of benzene rings is 2. The Kier molecular flexibility index (Phi) is 3.80. The van der Waals surface area contributed by atoms with Crippen molar-refractivity contribution in [1.29, 1.82) is 0 Å². The maximum Gasteiger partial charge on any atom is 0.287 e. The SMILES string of the molecule is Cc1c(C(=O)NCc2ccccc2[N+](=O)[O-])oc2ccccc12. The first-order chi connectivity index (χ1) is 11.1. The molecule has 0 saturated carbocycles. The minimum Gasteiger partial charge on any atom is -0.451 e. The van der Waals surface area contributed by atoms with Crippen molar-refractivity contribution < 1.29 is 14.1 Å². The Morgan fingerprint density at radius 3 is 2.61 bits per heavy atom. The fourth-order valence-electron chi connectivity index (χ4n) is 2.49. The van der Waals surface area contributed by atoms with Gasteiger partial charge in [-0.05, 0) is 13.0 Å². The predicted octanol–water partition coefficient (Wildman–Crippen LogP) is 3.58. The zero-order valence-electron chi connectivity index (χ0n) is 12.4. The highest BCUT2D eigenvalue weighted by molar-refractivity contribution is 5.98. The molecule has 116 valence electrons. The van der Waals surface area contributed by atoms with Gasteiger partial charge in [0.2, 0.25) is 0 Å². The highest BCUT2D eigenvalue weighted by Gasteiger charge is 2.18. The number of nitro groups is 1. The summed E-state index contributed by atoms with van der Waals surface area (Å²) < 4.78 is 5.58. The molecule has 0 aliphatic heterocycles. The molecule has 0 bridgehead atoms. The topological polar surface area (TPSA) is 85.4 Å². The van der Waals surface area contributed by atoms with Gasteiger partial charge in [0.1, 0.15) is 5.58 Å². The van der Waals surface area contributed by atoms with Gasteiger partial charge >= 0.3 is 0 Å². The van der Waals surface area contributed by atoms with Crippen LogP contribution in [0.15, 0.2) is 52.9 Å². The van der Waals surface area contributed by atoms with Crippen molar-refractivity contribution in [2.24, 2.45) is 0 Å². The van der Waals surface area contributed by atoms with Gasteiger partial charge in [-0.15, -0.1) is 0 Å². The molecule has 3 rings (SSSR count). The number of nitrogens with one attached hydrogen (secondary N) is 1. The summed E-state index contributed by atoms with van der Waals surface area (Å²) in [5.41, 5.74) is 1.82. The number of para-hydroxylation sites is 2. The Balaban J connectivity index is 1.82. The molecular weight excluding hydrogens is 296 g/mol. The van der Waals surface area contributed by atoms with E-state index in [0.29, 0.717) is 11.1 Å². The second-order valence-electron chi connectivity index (χ2n) is 5.12. The number of rotatable bonds is 4. The molecule has 23 heavy (non-hydrogen) atoms. The number of hydrogen-bond acceptors (Lipinski definition) is 4. The number of carbonyl (C=O) groups is 1. The van der Waals surface area contributed by atoms with Crippen LogP contribution in [0.1, 0.15) is 21.7 Å². The Labute approximate surface area is 131 Å². The molecule has 0 spiro atoms. The van der Waals surface area contributed by atoms with E-state index in [1.54, 1.807) is 24.3 Å². The normalized spacial score (nSPS) is 10.7. The Morgan fingerprint density at radius 2 is 1.87 bits per heavy atom. The molecule has 1 N–H and O–H groups in total. The molecule has 1 aromatic heterocycles. The summed E-state index contributed by atoms with van der Waals surface area (Å²) in [6.45, 7) is 1.87. The number of furan rings is 1. The first-order valence-electron chi connectivity index (χ1n) is 7.06. The van der Waals surface area contributed by atoms with Crippen LogP contribution >= 0.6 is 0 Å². The minimum atomic E-state index is -0.464. The number of amides is 1. The molecule has 0 unspecified atom stereocenters. The third kappa shape index (κ3) is 2.78. The van der Waals surface area contributed by atoms with E-state index in [0.717, 1.165) is 10.9 Å². The van der Waals surface area contributed by atoms with Crippen molar-refractivity contribution in [2.45, 2.75) is 13.5 Å². The third-order valence-electron chi connectivity index (χ3n) is 3.68. The van der Waals surface area contributed by atoms with Crippen molar-refractivity contribution in [3.8, 4) is 0 Å². The van der Waals surface area contributed by atoms with Gasteiger partial charge in [0.05, 0.1) is 4.92 Å². The standard InChI is InChI=1S/C17H14N2O4/c1-11-13-7-3-5-9-15(13)23-16(11)17(20)18-10-12-6-2-4-8-14(12)19(21)22/h2-9H,10H2,1H3,(H,18,20). The van der Waals surface area contributed by atoms with Crippen molar-refractivity contribution in [2.75, 3.05) is 0 Å². The van der Waals surface area contributed by atoms with Gasteiger partial charge < -0.3 is 9.73 Å². The molecule has 6 heteroatoms. The third-order valence-corrected chi connectivity index (χ3v) is 3.68. The van der Waals surface area contributed by atoms with Crippen molar-refractivity contribution >= 4 is 22.6 Å². The summed E-state index contributed by atoms with van der Waals surface area (Å²) in [5.74, 6) is -0.165. The molecule has 0 atom stereocenters. The van der Waals surface area contributed by atoms with Crippen LogP contribution in [0.25, 0.3) is 11.0 Å². The van der Waals surface area contributed by atoms with Crippen LogP contribution in [0.2, 0.25) is 0 Å². The summed E-state index contributed by atoms with van der Waals surface area (Å²) in [7, 11) is 0. The minimum absolute atomic E-state index is 0.0193. The molecule has 0 fully saturated rings. The highest BCUT2D eigenvalue weighted by atomic mass is 16.6. The highest BCUT2D eigenvalue weighted by Crippen LogP contribution is 2.25. The van der Waals surface area contributed by atoms with Crippen LogP contribution in [0.3, 0.4) is 0 Å². The average Bonchev–Trinajstić information content (AvgIpc) is 2.90. The largest absolute Gasteiger partial charge is 0.451 e. The lowest BCUT2D eigenvalue weighted by molar-refractivity contribution is -0.385.